The van der Waals surface area contributed by atoms with E-state index >= 15 is 0 Å². The van der Waals surface area contributed by atoms with Crippen LogP contribution in [0.25, 0.3) is 34.0 Å². The van der Waals surface area contributed by atoms with Gasteiger partial charge in [-0.3, -0.25) is 9.19 Å². The summed E-state index contributed by atoms with van der Waals surface area (Å²) in [5.41, 5.74) is 6.04. The van der Waals surface area contributed by atoms with Crippen LogP contribution in [0.5, 0.6) is 0 Å². The van der Waals surface area contributed by atoms with Crippen molar-refractivity contribution < 1.29 is 8.73 Å². The van der Waals surface area contributed by atoms with Crippen LogP contribution in [0.15, 0.2) is 70.2 Å². The summed E-state index contributed by atoms with van der Waals surface area (Å²) in [7, 11) is -1.02. The van der Waals surface area contributed by atoms with Crippen LogP contribution < -0.4 is 5.32 Å². The smallest absolute Gasteiger partial charge is 0.187 e. The van der Waals surface area contributed by atoms with Gasteiger partial charge in [0.2, 0.25) is 0 Å². The monoisotopic (exact) mass is 474 g/mol. The molecule has 0 spiro atoms. The van der Waals surface area contributed by atoms with E-state index in [1.54, 1.807) is 6.20 Å². The van der Waals surface area contributed by atoms with Crippen LogP contribution in [0.3, 0.4) is 0 Å². The molecule has 1 unspecified atom stereocenters. The van der Waals surface area contributed by atoms with Crippen molar-refractivity contribution >= 4 is 10.8 Å². The molecule has 0 aliphatic carbocycles. The molecule has 0 fully saturated rings. The van der Waals surface area contributed by atoms with Gasteiger partial charge in [-0.05, 0) is 37.6 Å². The number of nitrogens with zero attached hydrogens (tertiary/aromatic N) is 3. The van der Waals surface area contributed by atoms with E-state index < -0.39 is 10.8 Å². The lowest BCUT2D eigenvalue weighted by atomic mass is 10.1. The quantitative estimate of drug-likeness (QED) is 0.309. The highest BCUT2D eigenvalue weighted by atomic mass is 32.2. The van der Waals surface area contributed by atoms with Crippen LogP contribution in [-0.2, 0) is 17.3 Å². The molecule has 0 bridgehead atoms. The average Bonchev–Trinajstić information content (AvgIpc) is 3.34. The van der Waals surface area contributed by atoms with Crippen LogP contribution in [0.1, 0.15) is 38.4 Å². The van der Waals surface area contributed by atoms with Gasteiger partial charge in [0.1, 0.15) is 11.4 Å². The van der Waals surface area contributed by atoms with Gasteiger partial charge in [0.15, 0.2) is 5.76 Å². The largest absolute Gasteiger partial charge is 0.354 e. The van der Waals surface area contributed by atoms with Gasteiger partial charge >= 0.3 is 0 Å². The minimum atomic E-state index is -1.02. The van der Waals surface area contributed by atoms with Crippen LogP contribution in [-0.4, -0.2) is 31.1 Å². The molecule has 0 saturated heterocycles. The summed E-state index contributed by atoms with van der Waals surface area (Å²) < 4.78 is 18.0. The fourth-order valence-electron chi connectivity index (χ4n) is 3.58. The van der Waals surface area contributed by atoms with E-state index in [1.807, 2.05) is 51.1 Å². The van der Waals surface area contributed by atoms with E-state index in [0.29, 0.717) is 11.5 Å². The van der Waals surface area contributed by atoms with Crippen molar-refractivity contribution in [3.8, 4) is 34.0 Å². The summed E-state index contributed by atoms with van der Waals surface area (Å²) >= 11 is 0. The maximum Gasteiger partial charge on any atom is 0.187 e. The fourth-order valence-corrected chi connectivity index (χ4v) is 4.53. The Morgan fingerprint density at radius 3 is 2.35 bits per heavy atom. The van der Waals surface area contributed by atoms with Crippen LogP contribution in [0.2, 0.25) is 0 Å². The molecule has 0 amide bonds. The molecule has 4 aromatic rings. The van der Waals surface area contributed by atoms with Gasteiger partial charge in [0.25, 0.3) is 0 Å². The zero-order valence-corrected chi connectivity index (χ0v) is 20.9. The Morgan fingerprint density at radius 1 is 1.00 bits per heavy atom. The highest BCUT2D eigenvalue weighted by Crippen LogP contribution is 2.29. The molecular weight excluding hydrogens is 444 g/mol. The molecule has 34 heavy (non-hydrogen) atoms. The minimum Gasteiger partial charge on any atom is -0.354 e. The molecular formula is C27H30N4O2S. The summed E-state index contributed by atoms with van der Waals surface area (Å²) in [6, 6.07) is 17.9. The second-order valence-corrected chi connectivity index (χ2v) is 10.5. The van der Waals surface area contributed by atoms with Crippen LogP contribution in [0, 0.1) is 6.92 Å². The Morgan fingerprint density at radius 2 is 1.68 bits per heavy atom. The first kappa shape index (κ1) is 24.0. The number of rotatable bonds is 9. The van der Waals surface area contributed by atoms with Gasteiger partial charge < -0.3 is 9.84 Å². The second kappa shape index (κ2) is 10.8. The molecule has 6 nitrogen and oxygen atoms in total. The normalized spacial score (nSPS) is 12.3. The number of hydrogen-bond acceptors (Lipinski definition) is 6. The van der Waals surface area contributed by atoms with Gasteiger partial charge in [-0.1, -0.05) is 62.3 Å². The molecule has 2 aromatic heterocycles. The van der Waals surface area contributed by atoms with Crippen molar-refractivity contribution in [2.45, 2.75) is 50.8 Å². The summed E-state index contributed by atoms with van der Waals surface area (Å²) in [5, 5.41) is 7.75. The average molecular weight is 475 g/mol. The molecule has 0 radical (unpaired) electrons. The first-order chi connectivity index (χ1) is 16.5. The molecule has 7 heteroatoms. The maximum atomic E-state index is 12.3. The predicted molar refractivity (Wildman–Crippen MR) is 137 cm³/mol. The van der Waals surface area contributed by atoms with E-state index in [4.69, 9.17) is 9.51 Å². The van der Waals surface area contributed by atoms with Gasteiger partial charge in [-0.15, -0.1) is 0 Å². The molecule has 0 aliphatic heterocycles. The highest BCUT2D eigenvalue weighted by Gasteiger charge is 2.15. The third kappa shape index (κ3) is 5.48. The van der Waals surface area contributed by atoms with Gasteiger partial charge in [0, 0.05) is 33.9 Å². The summed E-state index contributed by atoms with van der Waals surface area (Å²) in [5.74, 6) is 0.577. The topological polar surface area (TPSA) is 80.9 Å². The Kier molecular flexibility index (Phi) is 7.65. The zero-order valence-electron chi connectivity index (χ0n) is 20.0. The van der Waals surface area contributed by atoms with Crippen molar-refractivity contribution in [1.29, 1.82) is 0 Å². The molecule has 176 valence electrons. The number of nitrogens with one attached hydrogen (secondary N) is 1. The lowest BCUT2D eigenvalue weighted by Gasteiger charge is -2.08. The molecule has 0 saturated carbocycles. The molecule has 4 rings (SSSR count). The highest BCUT2D eigenvalue weighted by molar-refractivity contribution is 7.85. The number of benzene rings is 2. The lowest BCUT2D eigenvalue weighted by molar-refractivity contribution is 0.433. The Balaban J connectivity index is 1.55. The van der Waals surface area contributed by atoms with E-state index in [-0.39, 0.29) is 5.25 Å². The van der Waals surface area contributed by atoms with Crippen molar-refractivity contribution in [2.24, 2.45) is 0 Å². The van der Waals surface area contributed by atoms with E-state index in [1.165, 1.54) is 5.56 Å². The third-order valence-electron chi connectivity index (χ3n) is 5.52. The van der Waals surface area contributed by atoms with Gasteiger partial charge in [-0.25, -0.2) is 4.98 Å². The molecule has 2 heterocycles. The third-order valence-corrected chi connectivity index (χ3v) is 7.11. The zero-order chi connectivity index (χ0) is 24.1. The molecule has 1 N–H and O–H groups in total. The second-order valence-electron chi connectivity index (χ2n) is 8.51. The van der Waals surface area contributed by atoms with Gasteiger partial charge in [-0.2, -0.15) is 0 Å². The molecule has 2 aromatic carbocycles. The van der Waals surface area contributed by atoms with Crippen molar-refractivity contribution in [2.75, 3.05) is 6.54 Å². The lowest BCUT2D eigenvalue weighted by Crippen LogP contribution is -2.13. The minimum absolute atomic E-state index is 0.0752. The molecule has 0 aliphatic rings. The SMILES string of the molecule is CCCNCc1ccc(-c2cc(-c3nc(-c4ccc(S(=O)C(C)C)cc4)cnc3C)on2)cc1. The maximum absolute atomic E-state index is 12.3. The molecule has 1 atom stereocenters. The number of aryl methyl sites for hydroxylation is 1. The standard InChI is InChI=1S/C27H30N4O2S/c1-5-14-28-16-20-6-8-21(9-7-20)24-15-26(33-31-24)27-19(4)29-17-25(30-27)22-10-12-23(13-11-22)34(32)18(2)3/h6-13,15,17-18,28H,5,14,16H2,1-4H3. The Bertz CT molecular complexity index is 1260. The fraction of sp³-hybridized carbons (Fsp3) is 0.296. The first-order valence-corrected chi connectivity index (χ1v) is 12.8. The number of hydrogen-bond donors (Lipinski definition) is 1. The van der Waals surface area contributed by atoms with Crippen LogP contribution in [0.4, 0.5) is 0 Å². The van der Waals surface area contributed by atoms with E-state index in [9.17, 15) is 4.21 Å². The Labute approximate surface area is 203 Å². The summed E-state index contributed by atoms with van der Waals surface area (Å²) in [6.45, 7) is 9.83. The van der Waals surface area contributed by atoms with Crippen LogP contribution >= 0.6 is 0 Å². The van der Waals surface area contributed by atoms with Gasteiger partial charge in [0.05, 0.1) is 28.4 Å². The van der Waals surface area contributed by atoms with Crippen molar-refractivity contribution in [1.82, 2.24) is 20.4 Å². The number of aromatic nitrogens is 3. The van der Waals surface area contributed by atoms with Crippen molar-refractivity contribution in [3.05, 3.63) is 72.1 Å². The summed E-state index contributed by atoms with van der Waals surface area (Å²) in [4.78, 5) is 10.1. The van der Waals surface area contributed by atoms with E-state index in [2.05, 4.69) is 46.6 Å². The first-order valence-electron chi connectivity index (χ1n) is 11.6. The van der Waals surface area contributed by atoms with Crippen molar-refractivity contribution in [3.63, 3.8) is 0 Å². The summed E-state index contributed by atoms with van der Waals surface area (Å²) in [6.07, 6.45) is 2.86. The Hall–Kier alpha value is -3.16. The van der Waals surface area contributed by atoms with E-state index in [0.717, 1.165) is 52.6 Å². The predicted octanol–water partition coefficient (Wildman–Crippen LogP) is 5.79.